The van der Waals surface area contributed by atoms with Crippen LogP contribution in [0.1, 0.15) is 70.1 Å². The molecule has 0 aliphatic carbocycles. The van der Waals surface area contributed by atoms with Crippen LogP contribution in [0.25, 0.3) is 0 Å². The Morgan fingerprint density at radius 1 is 1.02 bits per heavy atom. The maximum Gasteiger partial charge on any atom is 0.412 e. The molecular formula is C32H35F4N3O4. The summed E-state index contributed by atoms with van der Waals surface area (Å²) < 4.78 is 68.2. The minimum absolute atomic E-state index is 0.121. The Morgan fingerprint density at radius 2 is 1.67 bits per heavy atom. The molecule has 1 fully saturated rings. The van der Waals surface area contributed by atoms with Gasteiger partial charge in [-0.25, -0.2) is 22.4 Å². The van der Waals surface area contributed by atoms with Gasteiger partial charge in [-0.2, -0.15) is 0 Å². The van der Waals surface area contributed by atoms with Crippen LogP contribution in [0.2, 0.25) is 0 Å². The molecule has 7 nitrogen and oxygen atoms in total. The van der Waals surface area contributed by atoms with Crippen LogP contribution in [0.4, 0.5) is 28.0 Å². The molecule has 2 amide bonds. The Hall–Kier alpha value is -3.99. The van der Waals surface area contributed by atoms with Crippen molar-refractivity contribution in [2.24, 2.45) is 0 Å². The normalized spacial score (nSPS) is 17.0. The van der Waals surface area contributed by atoms with Crippen molar-refractivity contribution < 1.29 is 36.6 Å². The fraction of sp³-hybridized carbons (Fsp3) is 0.406. The Bertz CT molecular complexity index is 1450. The average molecular weight is 602 g/mol. The van der Waals surface area contributed by atoms with E-state index in [0.29, 0.717) is 12.0 Å². The van der Waals surface area contributed by atoms with E-state index in [4.69, 9.17) is 9.47 Å². The second-order valence-corrected chi connectivity index (χ2v) is 12.0. The van der Waals surface area contributed by atoms with Gasteiger partial charge in [0, 0.05) is 24.0 Å². The Kier molecular flexibility index (Phi) is 9.44. The number of carbonyl (C=O) groups excluding carboxylic acids is 2. The monoisotopic (exact) mass is 601 g/mol. The van der Waals surface area contributed by atoms with Gasteiger partial charge in [-0.1, -0.05) is 12.1 Å². The number of amides is 2. The molecule has 1 aliphatic rings. The number of carbonyl (C=O) groups is 2. The lowest BCUT2D eigenvalue weighted by atomic mass is 9.88. The molecule has 1 saturated heterocycles. The summed E-state index contributed by atoms with van der Waals surface area (Å²) in [6.45, 7) is 8.99. The standard InChI is InChI=1S/C32H35F4N3O4/c1-31(2,3)43-30(41)39-24(18-42-32(39,4)5)10-11-25-27(36)16-37-17-28(25)38-29(40)15-26(19-6-8-21(33)9-7-19)20-12-22(34)14-23(35)13-20/h6-9,12-14,16-17,24,26H,10-11,15,18H2,1-5H3,(H,38,40)/t24-,26-/m0/s1. The van der Waals surface area contributed by atoms with Crippen molar-refractivity contribution in [2.45, 2.75) is 77.2 Å². The minimum Gasteiger partial charge on any atom is -0.444 e. The summed E-state index contributed by atoms with van der Waals surface area (Å²) in [5.41, 5.74) is -0.722. The Balaban J connectivity index is 1.53. The van der Waals surface area contributed by atoms with Crippen LogP contribution in [0, 0.1) is 23.3 Å². The molecule has 4 rings (SSSR count). The van der Waals surface area contributed by atoms with Gasteiger partial charge in [0.25, 0.3) is 0 Å². The molecule has 11 heteroatoms. The number of halogens is 4. The number of nitrogens with one attached hydrogen (secondary N) is 1. The van der Waals surface area contributed by atoms with Crippen molar-refractivity contribution in [2.75, 3.05) is 11.9 Å². The molecule has 1 N–H and O–H groups in total. The lowest BCUT2D eigenvalue weighted by Gasteiger charge is -2.35. The highest BCUT2D eigenvalue weighted by atomic mass is 19.1. The van der Waals surface area contributed by atoms with E-state index in [9.17, 15) is 22.8 Å². The second kappa shape index (κ2) is 12.7. The Labute approximate surface area is 248 Å². The van der Waals surface area contributed by atoms with E-state index in [2.05, 4.69) is 10.3 Å². The van der Waals surface area contributed by atoms with E-state index in [1.807, 2.05) is 0 Å². The van der Waals surface area contributed by atoms with Crippen LogP contribution < -0.4 is 5.32 Å². The van der Waals surface area contributed by atoms with E-state index in [0.717, 1.165) is 24.4 Å². The first-order chi connectivity index (χ1) is 20.1. The minimum atomic E-state index is -0.938. The van der Waals surface area contributed by atoms with Crippen molar-refractivity contribution in [1.29, 1.82) is 0 Å². The smallest absolute Gasteiger partial charge is 0.412 e. The third kappa shape index (κ3) is 8.10. The molecule has 2 aromatic carbocycles. The van der Waals surface area contributed by atoms with Crippen molar-refractivity contribution >= 4 is 17.7 Å². The zero-order chi connectivity index (χ0) is 31.5. The van der Waals surface area contributed by atoms with Crippen molar-refractivity contribution in [3.8, 4) is 0 Å². The first kappa shape index (κ1) is 31.9. The summed E-state index contributed by atoms with van der Waals surface area (Å²) >= 11 is 0. The number of benzene rings is 2. The van der Waals surface area contributed by atoms with Crippen molar-refractivity contribution in [3.05, 3.63) is 94.8 Å². The molecule has 2 heterocycles. The fourth-order valence-corrected chi connectivity index (χ4v) is 5.20. The first-order valence-electron chi connectivity index (χ1n) is 13.9. The van der Waals surface area contributed by atoms with Gasteiger partial charge in [-0.05, 0) is 82.9 Å². The second-order valence-electron chi connectivity index (χ2n) is 12.0. The van der Waals surface area contributed by atoms with E-state index in [-0.39, 0.29) is 36.3 Å². The van der Waals surface area contributed by atoms with Crippen LogP contribution in [0.15, 0.2) is 54.9 Å². The summed E-state index contributed by atoms with van der Waals surface area (Å²) in [6, 6.07) is 7.78. The maximum absolute atomic E-state index is 15.1. The van der Waals surface area contributed by atoms with Crippen LogP contribution in [0.3, 0.4) is 0 Å². The molecule has 2 atom stereocenters. The predicted molar refractivity (Wildman–Crippen MR) is 152 cm³/mol. The van der Waals surface area contributed by atoms with Gasteiger partial charge in [0.2, 0.25) is 5.91 Å². The number of rotatable bonds is 8. The van der Waals surface area contributed by atoms with Gasteiger partial charge in [0.1, 0.15) is 34.6 Å². The number of aromatic nitrogens is 1. The number of hydrogen-bond donors (Lipinski definition) is 1. The number of ether oxygens (including phenoxy) is 2. The Morgan fingerprint density at radius 3 is 2.30 bits per heavy atom. The highest BCUT2D eigenvalue weighted by molar-refractivity contribution is 5.92. The number of nitrogens with zero attached hydrogens (tertiary/aromatic N) is 2. The number of pyridine rings is 1. The van der Waals surface area contributed by atoms with Gasteiger partial charge in [-0.3, -0.25) is 14.7 Å². The zero-order valence-corrected chi connectivity index (χ0v) is 24.7. The van der Waals surface area contributed by atoms with Crippen molar-refractivity contribution in [3.63, 3.8) is 0 Å². The van der Waals surface area contributed by atoms with E-state index in [1.165, 1.54) is 35.4 Å². The molecule has 0 bridgehead atoms. The van der Waals surface area contributed by atoms with Gasteiger partial charge in [0.15, 0.2) is 0 Å². The molecule has 230 valence electrons. The predicted octanol–water partition coefficient (Wildman–Crippen LogP) is 7.10. The van der Waals surface area contributed by atoms with E-state index >= 15 is 4.39 Å². The van der Waals surface area contributed by atoms with Gasteiger partial charge < -0.3 is 14.8 Å². The average Bonchev–Trinajstić information content (AvgIpc) is 3.20. The lowest BCUT2D eigenvalue weighted by molar-refractivity contribution is -0.116. The van der Waals surface area contributed by atoms with Crippen LogP contribution >= 0.6 is 0 Å². The van der Waals surface area contributed by atoms with E-state index < -0.39 is 58.6 Å². The SMILES string of the molecule is CC(C)(C)OC(=O)N1[C@@H](CCc2c(F)cncc2NC(=O)C[C@@H](c2ccc(F)cc2)c2cc(F)cc(F)c2)COC1(C)C. The first-order valence-corrected chi connectivity index (χ1v) is 13.9. The maximum atomic E-state index is 15.1. The molecule has 0 radical (unpaired) electrons. The van der Waals surface area contributed by atoms with Gasteiger partial charge in [-0.15, -0.1) is 0 Å². The summed E-state index contributed by atoms with van der Waals surface area (Å²) in [6.07, 6.45) is 1.94. The number of hydrogen-bond acceptors (Lipinski definition) is 5. The summed E-state index contributed by atoms with van der Waals surface area (Å²) in [4.78, 5) is 31.6. The van der Waals surface area contributed by atoms with Crippen LogP contribution in [0.5, 0.6) is 0 Å². The quantitative estimate of drug-likeness (QED) is 0.279. The topological polar surface area (TPSA) is 80.8 Å². The molecule has 1 aliphatic heterocycles. The molecule has 1 aromatic heterocycles. The summed E-state index contributed by atoms with van der Waals surface area (Å²) in [7, 11) is 0. The largest absolute Gasteiger partial charge is 0.444 e. The van der Waals surface area contributed by atoms with Crippen LogP contribution in [-0.4, -0.2) is 45.9 Å². The van der Waals surface area contributed by atoms with Crippen LogP contribution in [-0.2, 0) is 20.7 Å². The third-order valence-electron chi connectivity index (χ3n) is 7.12. The molecule has 0 saturated carbocycles. The molecule has 0 spiro atoms. The van der Waals surface area contributed by atoms with E-state index in [1.54, 1.807) is 34.6 Å². The summed E-state index contributed by atoms with van der Waals surface area (Å²) in [5, 5.41) is 2.68. The highest BCUT2D eigenvalue weighted by Gasteiger charge is 2.45. The lowest BCUT2D eigenvalue weighted by Crippen LogP contribution is -2.50. The highest BCUT2D eigenvalue weighted by Crippen LogP contribution is 2.33. The molecule has 0 unspecified atom stereocenters. The fourth-order valence-electron chi connectivity index (χ4n) is 5.20. The van der Waals surface area contributed by atoms with Crippen molar-refractivity contribution in [1.82, 2.24) is 9.88 Å². The summed E-state index contributed by atoms with van der Waals surface area (Å²) in [5.74, 6) is -4.20. The van der Waals surface area contributed by atoms with Gasteiger partial charge in [0.05, 0.1) is 30.7 Å². The number of anilines is 1. The third-order valence-corrected chi connectivity index (χ3v) is 7.12. The molecule has 3 aromatic rings. The molecule has 43 heavy (non-hydrogen) atoms. The van der Waals surface area contributed by atoms with Gasteiger partial charge >= 0.3 is 6.09 Å². The zero-order valence-electron chi connectivity index (χ0n) is 24.7. The molecular weight excluding hydrogens is 566 g/mol.